The first-order chi connectivity index (χ1) is 14.2. The van der Waals surface area contributed by atoms with Gasteiger partial charge >= 0.3 is 0 Å². The largest absolute Gasteiger partial charge is 0.417 e. The lowest BCUT2D eigenvalue weighted by atomic mass is 10.0. The molecule has 0 saturated carbocycles. The highest BCUT2D eigenvalue weighted by molar-refractivity contribution is 5.96. The molecule has 29 heavy (non-hydrogen) atoms. The molecule has 2 heterocycles. The summed E-state index contributed by atoms with van der Waals surface area (Å²) < 4.78 is 7.38. The molecule has 1 N–H and O–H groups in total. The van der Waals surface area contributed by atoms with E-state index in [2.05, 4.69) is 27.5 Å². The van der Waals surface area contributed by atoms with Gasteiger partial charge in [0.05, 0.1) is 12.6 Å². The lowest BCUT2D eigenvalue weighted by Gasteiger charge is -2.08. The monoisotopic (exact) mass is 382 g/mol. The van der Waals surface area contributed by atoms with E-state index in [1.54, 1.807) is 10.7 Å². The fourth-order valence-electron chi connectivity index (χ4n) is 3.46. The smallest absolute Gasteiger partial charge is 0.246 e. The van der Waals surface area contributed by atoms with Crippen LogP contribution in [0.25, 0.3) is 27.9 Å². The molecule has 0 unspecified atom stereocenters. The Hall–Kier alpha value is -3.93. The molecule has 0 atom stereocenters. The molecule has 0 spiro atoms. The van der Waals surface area contributed by atoms with Crippen LogP contribution in [0.3, 0.4) is 0 Å². The molecule has 2 aromatic heterocycles. The third-order valence-electron chi connectivity index (χ3n) is 4.92. The second-order valence-electron chi connectivity index (χ2n) is 6.90. The number of aromatic nitrogens is 3. The van der Waals surface area contributed by atoms with Crippen molar-refractivity contribution in [2.24, 2.45) is 0 Å². The molecule has 1 amide bonds. The Morgan fingerprint density at radius 3 is 2.66 bits per heavy atom. The van der Waals surface area contributed by atoms with Crippen molar-refractivity contribution in [2.45, 2.75) is 13.3 Å². The minimum Gasteiger partial charge on any atom is -0.417 e. The maximum atomic E-state index is 12.5. The number of nitrogens with one attached hydrogen (secondary N) is 1. The molecule has 0 saturated heterocycles. The van der Waals surface area contributed by atoms with Gasteiger partial charge in [-0.05, 0) is 47.5 Å². The van der Waals surface area contributed by atoms with Gasteiger partial charge < -0.3 is 9.73 Å². The fraction of sp³-hybridized carbons (Fsp3) is 0.0870. The number of amides is 1. The highest BCUT2D eigenvalue weighted by Gasteiger charge is 2.11. The summed E-state index contributed by atoms with van der Waals surface area (Å²) in [6.45, 7) is 1.87. The normalized spacial score (nSPS) is 11.2. The second kappa shape index (κ2) is 6.91. The zero-order valence-corrected chi connectivity index (χ0v) is 15.8. The first-order valence-corrected chi connectivity index (χ1v) is 9.35. The van der Waals surface area contributed by atoms with Crippen LogP contribution >= 0.6 is 0 Å². The van der Waals surface area contributed by atoms with E-state index in [9.17, 15) is 4.79 Å². The van der Waals surface area contributed by atoms with Gasteiger partial charge in [0.15, 0.2) is 0 Å². The summed E-state index contributed by atoms with van der Waals surface area (Å²) >= 11 is 0. The first kappa shape index (κ1) is 17.2. The van der Waals surface area contributed by atoms with Crippen molar-refractivity contribution >= 4 is 28.1 Å². The van der Waals surface area contributed by atoms with Crippen LogP contribution in [0.1, 0.15) is 11.4 Å². The zero-order valence-electron chi connectivity index (χ0n) is 15.8. The molecule has 0 fully saturated rings. The van der Waals surface area contributed by atoms with E-state index in [4.69, 9.17) is 4.42 Å². The maximum Gasteiger partial charge on any atom is 0.246 e. The van der Waals surface area contributed by atoms with Crippen LogP contribution in [0.2, 0.25) is 0 Å². The zero-order chi connectivity index (χ0) is 19.8. The van der Waals surface area contributed by atoms with Crippen LogP contribution in [0.4, 0.5) is 5.69 Å². The van der Waals surface area contributed by atoms with E-state index < -0.39 is 0 Å². The van der Waals surface area contributed by atoms with Crippen molar-refractivity contribution in [3.05, 3.63) is 84.3 Å². The van der Waals surface area contributed by atoms with Gasteiger partial charge in [-0.25, -0.2) is 4.98 Å². The second-order valence-corrected chi connectivity index (χ2v) is 6.90. The lowest BCUT2D eigenvalue weighted by Crippen LogP contribution is -2.14. The Bertz CT molecular complexity index is 1330. The number of rotatable bonds is 4. The molecule has 0 radical (unpaired) electrons. The number of hydrogen-bond acceptors (Lipinski definition) is 4. The van der Waals surface area contributed by atoms with Crippen molar-refractivity contribution in [3.8, 4) is 11.5 Å². The molecule has 6 nitrogen and oxygen atoms in total. The molecule has 142 valence electrons. The minimum absolute atomic E-state index is 0.0544. The van der Waals surface area contributed by atoms with Crippen LogP contribution in [0, 0.1) is 6.92 Å². The van der Waals surface area contributed by atoms with E-state index in [0.29, 0.717) is 18.0 Å². The molecule has 6 heteroatoms. The average molecular weight is 382 g/mol. The van der Waals surface area contributed by atoms with E-state index in [1.165, 1.54) is 0 Å². The summed E-state index contributed by atoms with van der Waals surface area (Å²) in [5.41, 5.74) is 3.18. The summed E-state index contributed by atoms with van der Waals surface area (Å²) in [6, 6.07) is 21.6. The standard InChI is InChI=1S/C23H18N4O2/c1-15-24-14-22-27(15)26-23(29-22)17-9-11-19(12-10-17)25-21(28)13-18-7-4-6-16-5-2-3-8-20(16)18/h2-12,14H,13H2,1H3,(H,25,28). The summed E-state index contributed by atoms with van der Waals surface area (Å²) in [5.74, 6) is 1.23. The highest BCUT2D eigenvalue weighted by atomic mass is 16.4. The highest BCUT2D eigenvalue weighted by Crippen LogP contribution is 2.23. The molecule has 5 aromatic rings. The molecule has 0 aliphatic carbocycles. The van der Waals surface area contributed by atoms with Crippen molar-refractivity contribution in [1.82, 2.24) is 14.6 Å². The summed E-state index contributed by atoms with van der Waals surface area (Å²) in [4.78, 5) is 16.7. The topological polar surface area (TPSA) is 72.4 Å². The Kier molecular flexibility index (Phi) is 4.09. The number of carbonyl (C=O) groups is 1. The number of carbonyl (C=O) groups excluding carboxylic acids is 1. The molecule has 3 aromatic carbocycles. The van der Waals surface area contributed by atoms with Gasteiger partial charge in [-0.15, -0.1) is 5.10 Å². The predicted molar refractivity (Wildman–Crippen MR) is 112 cm³/mol. The number of benzene rings is 3. The van der Waals surface area contributed by atoms with Crippen LogP contribution in [-0.4, -0.2) is 20.5 Å². The summed E-state index contributed by atoms with van der Waals surface area (Å²) in [5, 5.41) is 9.61. The van der Waals surface area contributed by atoms with E-state index >= 15 is 0 Å². The van der Waals surface area contributed by atoms with Crippen LogP contribution in [0.5, 0.6) is 0 Å². The van der Waals surface area contributed by atoms with E-state index in [0.717, 1.165) is 33.4 Å². The quantitative estimate of drug-likeness (QED) is 0.492. The van der Waals surface area contributed by atoms with Crippen molar-refractivity contribution in [3.63, 3.8) is 0 Å². The number of anilines is 1. The van der Waals surface area contributed by atoms with E-state index in [1.807, 2.05) is 61.5 Å². The predicted octanol–water partition coefficient (Wildman–Crippen LogP) is 4.63. The van der Waals surface area contributed by atoms with Crippen LogP contribution in [-0.2, 0) is 11.2 Å². The number of aryl methyl sites for hydroxylation is 1. The minimum atomic E-state index is -0.0544. The van der Waals surface area contributed by atoms with Crippen LogP contribution < -0.4 is 5.32 Å². The lowest BCUT2D eigenvalue weighted by molar-refractivity contribution is -0.115. The summed E-state index contributed by atoms with van der Waals surface area (Å²) in [6.07, 6.45) is 1.97. The Morgan fingerprint density at radius 1 is 1.03 bits per heavy atom. The maximum absolute atomic E-state index is 12.5. The van der Waals surface area contributed by atoms with Crippen LogP contribution in [0.15, 0.2) is 77.3 Å². The van der Waals surface area contributed by atoms with Crippen molar-refractivity contribution in [1.29, 1.82) is 0 Å². The van der Waals surface area contributed by atoms with Gasteiger partial charge in [0.1, 0.15) is 5.82 Å². The molecule has 5 rings (SSSR count). The van der Waals surface area contributed by atoms with Crippen molar-refractivity contribution in [2.75, 3.05) is 5.32 Å². The Morgan fingerprint density at radius 2 is 1.83 bits per heavy atom. The molecular formula is C23H18N4O2. The Labute approximate surface area is 166 Å². The third kappa shape index (κ3) is 3.25. The average Bonchev–Trinajstić information content (AvgIpc) is 3.31. The van der Waals surface area contributed by atoms with Gasteiger partial charge in [-0.1, -0.05) is 42.5 Å². The van der Waals surface area contributed by atoms with Gasteiger partial charge in [-0.2, -0.15) is 4.52 Å². The SMILES string of the molecule is Cc1ncc2oc(-c3ccc(NC(=O)Cc4cccc5ccccc45)cc3)nn12. The number of imidazole rings is 1. The summed E-state index contributed by atoms with van der Waals surface area (Å²) in [7, 11) is 0. The van der Waals surface area contributed by atoms with E-state index in [-0.39, 0.29) is 5.91 Å². The van der Waals surface area contributed by atoms with Gasteiger partial charge in [-0.3, -0.25) is 4.79 Å². The van der Waals surface area contributed by atoms with Gasteiger partial charge in [0.2, 0.25) is 17.5 Å². The third-order valence-corrected chi connectivity index (χ3v) is 4.92. The number of fused-ring (bicyclic) bond motifs is 2. The molecular weight excluding hydrogens is 364 g/mol. The molecule has 0 aliphatic heterocycles. The number of nitrogens with zero attached hydrogens (tertiary/aromatic N) is 3. The van der Waals surface area contributed by atoms with Crippen molar-refractivity contribution < 1.29 is 9.21 Å². The number of hydrogen-bond donors (Lipinski definition) is 1. The molecule has 0 aliphatic rings. The first-order valence-electron chi connectivity index (χ1n) is 9.35. The Balaban J connectivity index is 1.32. The van der Waals surface area contributed by atoms with Gasteiger partial charge in [0, 0.05) is 11.3 Å². The fourth-order valence-corrected chi connectivity index (χ4v) is 3.46. The van der Waals surface area contributed by atoms with Gasteiger partial charge in [0.25, 0.3) is 0 Å². The molecule has 0 bridgehead atoms.